The molecule has 0 unspecified atom stereocenters. The van der Waals surface area contributed by atoms with Gasteiger partial charge in [0, 0.05) is 24.6 Å². The largest absolute Gasteiger partial charge is 0.506 e. The van der Waals surface area contributed by atoms with E-state index in [-0.39, 0.29) is 24.1 Å². The van der Waals surface area contributed by atoms with Crippen molar-refractivity contribution in [1.29, 1.82) is 0 Å². The first-order valence-corrected chi connectivity index (χ1v) is 6.93. The van der Waals surface area contributed by atoms with Crippen LogP contribution in [0, 0.1) is 0 Å². The standard InChI is InChI=1S/C15H18N2O6/c1-22-10-6-8-9(7-11(10)23-2)17-15(21)12(13(8)19)14(20)16-4-3-5-18/h6-7,18H,3-5H2,1-2H3,(H,16,20)(H2,17,19,21). The fraction of sp³-hybridized carbons (Fsp3) is 0.333. The molecule has 2 aromatic rings. The Balaban J connectivity index is 2.55. The third-order valence-corrected chi connectivity index (χ3v) is 3.34. The summed E-state index contributed by atoms with van der Waals surface area (Å²) in [6.45, 7) is 0.107. The highest BCUT2D eigenvalue weighted by molar-refractivity contribution is 6.02. The Hall–Kier alpha value is -2.74. The van der Waals surface area contributed by atoms with Gasteiger partial charge in [0.25, 0.3) is 11.5 Å². The van der Waals surface area contributed by atoms with Crippen LogP contribution >= 0.6 is 0 Å². The van der Waals surface area contributed by atoms with Gasteiger partial charge >= 0.3 is 0 Å². The number of aromatic hydroxyl groups is 1. The predicted molar refractivity (Wildman–Crippen MR) is 83.4 cm³/mol. The van der Waals surface area contributed by atoms with E-state index >= 15 is 0 Å². The van der Waals surface area contributed by atoms with E-state index in [9.17, 15) is 14.7 Å². The van der Waals surface area contributed by atoms with Crippen LogP contribution in [-0.4, -0.2) is 48.5 Å². The third-order valence-electron chi connectivity index (χ3n) is 3.34. The molecule has 124 valence electrons. The lowest BCUT2D eigenvalue weighted by Crippen LogP contribution is -2.30. The number of rotatable bonds is 6. The second-order valence-electron chi connectivity index (χ2n) is 4.76. The molecule has 0 saturated heterocycles. The van der Waals surface area contributed by atoms with E-state index in [1.165, 1.54) is 26.4 Å². The maximum atomic E-state index is 12.1. The summed E-state index contributed by atoms with van der Waals surface area (Å²) in [5.74, 6) is -0.413. The fourth-order valence-corrected chi connectivity index (χ4v) is 2.19. The number of hydrogen-bond acceptors (Lipinski definition) is 6. The molecule has 8 nitrogen and oxygen atoms in total. The van der Waals surface area contributed by atoms with E-state index in [4.69, 9.17) is 14.6 Å². The quantitative estimate of drug-likeness (QED) is 0.570. The molecule has 23 heavy (non-hydrogen) atoms. The number of H-pyrrole nitrogens is 1. The van der Waals surface area contributed by atoms with Gasteiger partial charge in [-0.05, 0) is 12.5 Å². The van der Waals surface area contributed by atoms with Gasteiger partial charge in [0.2, 0.25) is 0 Å². The number of benzene rings is 1. The Labute approximate surface area is 131 Å². The number of amides is 1. The van der Waals surface area contributed by atoms with Gasteiger partial charge in [-0.15, -0.1) is 0 Å². The van der Waals surface area contributed by atoms with E-state index in [0.29, 0.717) is 23.4 Å². The zero-order valence-corrected chi connectivity index (χ0v) is 12.8. The molecule has 0 atom stereocenters. The summed E-state index contributed by atoms with van der Waals surface area (Å²) in [5.41, 5.74) is -0.788. The molecule has 1 aromatic heterocycles. The van der Waals surface area contributed by atoms with Crippen molar-refractivity contribution in [3.05, 3.63) is 28.0 Å². The van der Waals surface area contributed by atoms with Gasteiger partial charge in [0.05, 0.1) is 19.7 Å². The van der Waals surface area contributed by atoms with Gasteiger partial charge in [0.1, 0.15) is 11.3 Å². The van der Waals surface area contributed by atoms with Crippen molar-refractivity contribution in [2.75, 3.05) is 27.4 Å². The van der Waals surface area contributed by atoms with Crippen LogP contribution in [0.5, 0.6) is 17.2 Å². The minimum atomic E-state index is -0.719. The highest BCUT2D eigenvalue weighted by Crippen LogP contribution is 2.35. The second kappa shape index (κ2) is 7.01. The number of carbonyl (C=O) groups excluding carboxylic acids is 1. The van der Waals surface area contributed by atoms with Gasteiger partial charge in [-0.2, -0.15) is 0 Å². The average Bonchev–Trinajstić information content (AvgIpc) is 2.54. The lowest BCUT2D eigenvalue weighted by molar-refractivity contribution is 0.0947. The molecule has 0 saturated carbocycles. The maximum absolute atomic E-state index is 12.1. The summed E-state index contributed by atoms with van der Waals surface area (Å²) < 4.78 is 10.3. The van der Waals surface area contributed by atoms with Crippen molar-refractivity contribution >= 4 is 16.8 Å². The molecule has 0 aliphatic rings. The summed E-state index contributed by atoms with van der Waals surface area (Å²) in [6, 6.07) is 2.98. The van der Waals surface area contributed by atoms with Crippen LogP contribution in [0.15, 0.2) is 16.9 Å². The molecule has 0 aliphatic heterocycles. The molecule has 0 fully saturated rings. The number of hydrogen-bond donors (Lipinski definition) is 4. The molecule has 1 heterocycles. The number of aliphatic hydroxyl groups excluding tert-OH is 1. The van der Waals surface area contributed by atoms with Crippen molar-refractivity contribution in [3.63, 3.8) is 0 Å². The highest BCUT2D eigenvalue weighted by atomic mass is 16.5. The minimum absolute atomic E-state index is 0.0860. The number of aromatic amines is 1. The first kappa shape index (κ1) is 16.6. The predicted octanol–water partition coefficient (Wildman–Crippen LogP) is 0.363. The lowest BCUT2D eigenvalue weighted by atomic mass is 10.1. The molecule has 1 amide bonds. The molecule has 1 aromatic carbocycles. The molecular formula is C15H18N2O6. The van der Waals surface area contributed by atoms with E-state index in [0.717, 1.165) is 0 Å². The van der Waals surface area contributed by atoms with Crippen LogP contribution in [0.4, 0.5) is 0 Å². The summed E-state index contributed by atoms with van der Waals surface area (Å²) in [5, 5.41) is 21.7. The lowest BCUT2D eigenvalue weighted by Gasteiger charge is -2.12. The van der Waals surface area contributed by atoms with Crippen molar-refractivity contribution < 1.29 is 24.5 Å². The summed E-state index contributed by atoms with van der Waals surface area (Å²) in [7, 11) is 2.89. The number of ether oxygens (including phenoxy) is 2. The van der Waals surface area contributed by atoms with Gasteiger partial charge < -0.3 is 30.0 Å². The first-order chi connectivity index (χ1) is 11.0. The smallest absolute Gasteiger partial charge is 0.265 e. The van der Waals surface area contributed by atoms with E-state index in [1.807, 2.05) is 0 Å². The topological polar surface area (TPSA) is 121 Å². The molecule has 8 heteroatoms. The molecule has 0 aliphatic carbocycles. The zero-order valence-electron chi connectivity index (χ0n) is 12.8. The van der Waals surface area contributed by atoms with Crippen LogP contribution in [0.2, 0.25) is 0 Å². The van der Waals surface area contributed by atoms with Crippen molar-refractivity contribution in [3.8, 4) is 17.2 Å². The van der Waals surface area contributed by atoms with Gasteiger partial charge in [-0.25, -0.2) is 0 Å². The number of carbonyl (C=O) groups is 1. The number of methoxy groups -OCH3 is 2. The van der Waals surface area contributed by atoms with Crippen molar-refractivity contribution in [1.82, 2.24) is 10.3 Å². The average molecular weight is 322 g/mol. The number of aliphatic hydroxyl groups is 1. The fourth-order valence-electron chi connectivity index (χ4n) is 2.19. The van der Waals surface area contributed by atoms with Crippen molar-refractivity contribution in [2.45, 2.75) is 6.42 Å². The minimum Gasteiger partial charge on any atom is -0.506 e. The summed E-state index contributed by atoms with van der Waals surface area (Å²) in [6.07, 6.45) is 0.350. The Morgan fingerprint density at radius 1 is 1.26 bits per heavy atom. The molecule has 0 spiro atoms. The van der Waals surface area contributed by atoms with Gasteiger partial charge in [-0.3, -0.25) is 9.59 Å². The maximum Gasteiger partial charge on any atom is 0.265 e. The molecule has 0 bridgehead atoms. The van der Waals surface area contributed by atoms with Crippen molar-refractivity contribution in [2.24, 2.45) is 0 Å². The van der Waals surface area contributed by atoms with Gasteiger partial charge in [-0.1, -0.05) is 0 Å². The normalized spacial score (nSPS) is 10.6. The molecule has 0 radical (unpaired) electrons. The Kier molecular flexibility index (Phi) is 5.07. The third kappa shape index (κ3) is 3.21. The van der Waals surface area contributed by atoms with Crippen LogP contribution in [-0.2, 0) is 0 Å². The Morgan fingerprint density at radius 2 is 1.91 bits per heavy atom. The first-order valence-electron chi connectivity index (χ1n) is 6.93. The Bertz CT molecular complexity index is 784. The zero-order chi connectivity index (χ0) is 17.0. The van der Waals surface area contributed by atoms with E-state index < -0.39 is 17.2 Å². The Morgan fingerprint density at radius 3 is 2.52 bits per heavy atom. The van der Waals surface area contributed by atoms with E-state index in [2.05, 4.69) is 10.3 Å². The summed E-state index contributed by atoms with van der Waals surface area (Å²) in [4.78, 5) is 26.7. The van der Waals surface area contributed by atoms with E-state index in [1.54, 1.807) is 0 Å². The number of aromatic nitrogens is 1. The van der Waals surface area contributed by atoms with Gasteiger partial charge in [0.15, 0.2) is 11.5 Å². The second-order valence-corrected chi connectivity index (χ2v) is 4.76. The van der Waals surface area contributed by atoms with Crippen LogP contribution in [0.3, 0.4) is 0 Å². The van der Waals surface area contributed by atoms with Crippen LogP contribution in [0.1, 0.15) is 16.8 Å². The highest BCUT2D eigenvalue weighted by Gasteiger charge is 2.20. The molecule has 4 N–H and O–H groups in total. The monoisotopic (exact) mass is 322 g/mol. The number of fused-ring (bicyclic) bond motifs is 1. The van der Waals surface area contributed by atoms with Crippen LogP contribution in [0.25, 0.3) is 10.9 Å². The molecular weight excluding hydrogens is 304 g/mol. The van der Waals surface area contributed by atoms with Crippen LogP contribution < -0.4 is 20.3 Å². The SMILES string of the molecule is COc1cc2[nH]c(=O)c(C(=O)NCCCO)c(O)c2cc1OC. The molecule has 2 rings (SSSR count). The number of pyridine rings is 1. The summed E-state index contributed by atoms with van der Waals surface area (Å²) >= 11 is 0. The number of nitrogens with one attached hydrogen (secondary N) is 2.